The molecule has 8 heteroatoms. The fourth-order valence-corrected chi connectivity index (χ4v) is 5.45. The molecule has 1 aliphatic carbocycles. The fourth-order valence-electron chi connectivity index (χ4n) is 5.45. The van der Waals surface area contributed by atoms with Crippen molar-refractivity contribution in [3.05, 3.63) is 23.8 Å². The number of benzene rings is 1. The minimum absolute atomic E-state index is 0.154. The standard InChI is InChI=1S/C23H29N3O5/c1-23(17-6-7-18-19(12-17)31-11-10-30-18)21(28)26(22(29)24-23)14-20(27)25-9-8-15-4-2-3-5-16(15)13-25/h6-7,12,15-16H,2-5,8-11,13-14H2,1H3,(H,24,29)/t15-,16+,23-/m0/s1. The normalized spacial score (nSPS) is 30.1. The average Bonchev–Trinajstić information content (AvgIpc) is 3.02. The number of ether oxygens (including phenoxy) is 2. The lowest BCUT2D eigenvalue weighted by molar-refractivity contribution is -0.140. The summed E-state index contributed by atoms with van der Waals surface area (Å²) >= 11 is 0. The van der Waals surface area contributed by atoms with Crippen molar-refractivity contribution in [2.24, 2.45) is 11.8 Å². The summed E-state index contributed by atoms with van der Waals surface area (Å²) in [6, 6.07) is 4.69. The molecule has 4 amide bonds. The van der Waals surface area contributed by atoms with Gasteiger partial charge in [-0.3, -0.25) is 14.5 Å². The van der Waals surface area contributed by atoms with Gasteiger partial charge in [0.2, 0.25) is 5.91 Å². The maximum absolute atomic E-state index is 13.3. The molecule has 3 fully saturated rings. The molecule has 166 valence electrons. The van der Waals surface area contributed by atoms with Gasteiger partial charge in [-0.05, 0) is 49.3 Å². The highest BCUT2D eigenvalue weighted by Crippen LogP contribution is 2.38. The van der Waals surface area contributed by atoms with Crippen LogP contribution in [0.3, 0.4) is 0 Å². The quantitative estimate of drug-likeness (QED) is 0.748. The molecule has 1 aromatic carbocycles. The second-order valence-corrected chi connectivity index (χ2v) is 9.24. The number of imide groups is 1. The van der Waals surface area contributed by atoms with E-state index in [0.717, 1.165) is 17.9 Å². The lowest BCUT2D eigenvalue weighted by Gasteiger charge is -2.41. The molecule has 4 aliphatic rings. The number of nitrogens with zero attached hydrogens (tertiary/aromatic N) is 2. The Labute approximate surface area is 181 Å². The third kappa shape index (κ3) is 3.51. The van der Waals surface area contributed by atoms with Crippen molar-refractivity contribution in [2.45, 2.75) is 44.6 Å². The molecule has 3 atom stereocenters. The van der Waals surface area contributed by atoms with Crippen LogP contribution in [-0.4, -0.2) is 60.5 Å². The first-order valence-corrected chi connectivity index (χ1v) is 11.3. The van der Waals surface area contributed by atoms with Crippen molar-refractivity contribution in [3.8, 4) is 11.5 Å². The topological polar surface area (TPSA) is 88.2 Å². The van der Waals surface area contributed by atoms with Gasteiger partial charge < -0.3 is 19.7 Å². The molecule has 0 bridgehead atoms. The molecular weight excluding hydrogens is 398 g/mol. The van der Waals surface area contributed by atoms with E-state index in [9.17, 15) is 14.4 Å². The largest absolute Gasteiger partial charge is 0.486 e. The molecule has 8 nitrogen and oxygen atoms in total. The molecule has 3 heterocycles. The first-order chi connectivity index (χ1) is 15.0. The van der Waals surface area contributed by atoms with E-state index in [1.54, 1.807) is 25.1 Å². The Morgan fingerprint density at radius 1 is 1.10 bits per heavy atom. The van der Waals surface area contributed by atoms with Crippen molar-refractivity contribution in [2.75, 3.05) is 32.8 Å². The molecule has 1 saturated carbocycles. The predicted molar refractivity (Wildman–Crippen MR) is 112 cm³/mol. The van der Waals surface area contributed by atoms with Crippen molar-refractivity contribution in [3.63, 3.8) is 0 Å². The molecule has 0 radical (unpaired) electrons. The predicted octanol–water partition coefficient (Wildman–Crippen LogP) is 2.26. The Morgan fingerprint density at radius 3 is 2.65 bits per heavy atom. The van der Waals surface area contributed by atoms with Crippen LogP contribution in [0, 0.1) is 11.8 Å². The average molecular weight is 428 g/mol. The van der Waals surface area contributed by atoms with E-state index in [4.69, 9.17) is 9.47 Å². The minimum Gasteiger partial charge on any atom is -0.486 e. The van der Waals surface area contributed by atoms with Gasteiger partial charge >= 0.3 is 6.03 Å². The number of fused-ring (bicyclic) bond motifs is 2. The lowest BCUT2D eigenvalue weighted by atomic mass is 9.75. The van der Waals surface area contributed by atoms with Crippen LogP contribution in [-0.2, 0) is 15.1 Å². The van der Waals surface area contributed by atoms with Crippen LogP contribution >= 0.6 is 0 Å². The van der Waals surface area contributed by atoms with Crippen LogP contribution in [0.25, 0.3) is 0 Å². The Hall–Kier alpha value is -2.77. The molecule has 31 heavy (non-hydrogen) atoms. The number of carbonyl (C=O) groups is 3. The number of likely N-dealkylation sites (tertiary alicyclic amines) is 1. The summed E-state index contributed by atoms with van der Waals surface area (Å²) in [7, 11) is 0. The van der Waals surface area contributed by atoms with Crippen LogP contribution in [0.15, 0.2) is 18.2 Å². The van der Waals surface area contributed by atoms with Gasteiger partial charge in [-0.1, -0.05) is 25.3 Å². The third-order valence-electron chi connectivity index (χ3n) is 7.33. The summed E-state index contributed by atoms with van der Waals surface area (Å²) in [5.41, 5.74) is -0.642. The highest BCUT2D eigenvalue weighted by atomic mass is 16.6. The van der Waals surface area contributed by atoms with Gasteiger partial charge in [-0.15, -0.1) is 0 Å². The van der Waals surface area contributed by atoms with E-state index in [1.165, 1.54) is 25.7 Å². The Kier molecular flexibility index (Phi) is 5.02. The number of hydrogen-bond acceptors (Lipinski definition) is 5. The molecule has 3 aliphatic heterocycles. The van der Waals surface area contributed by atoms with Gasteiger partial charge in [0.15, 0.2) is 11.5 Å². The molecule has 0 spiro atoms. The molecule has 1 aromatic rings. The molecule has 2 saturated heterocycles. The number of nitrogens with one attached hydrogen (secondary N) is 1. The summed E-state index contributed by atoms with van der Waals surface area (Å²) in [5, 5.41) is 2.78. The third-order valence-corrected chi connectivity index (χ3v) is 7.33. The Balaban J connectivity index is 1.29. The first kappa shape index (κ1) is 20.2. The lowest BCUT2D eigenvalue weighted by Crippen LogP contribution is -2.49. The summed E-state index contributed by atoms with van der Waals surface area (Å²) in [6.45, 7) is 3.81. The van der Waals surface area contributed by atoms with Crippen LogP contribution in [0.2, 0.25) is 0 Å². The van der Waals surface area contributed by atoms with Crippen LogP contribution in [0.5, 0.6) is 11.5 Å². The molecule has 0 aromatic heterocycles. The number of piperidine rings is 1. The van der Waals surface area contributed by atoms with Gasteiger partial charge in [0.1, 0.15) is 25.3 Å². The highest BCUT2D eigenvalue weighted by Gasteiger charge is 2.50. The van der Waals surface area contributed by atoms with E-state index >= 15 is 0 Å². The number of hydrogen-bond donors (Lipinski definition) is 1. The SMILES string of the molecule is C[C@@]1(c2ccc3c(c2)OCCO3)NC(=O)N(CC(=O)N2CC[C@@H]3CCCC[C@@H]3C2)C1=O. The number of carbonyl (C=O) groups excluding carboxylic acids is 3. The van der Waals surface area contributed by atoms with E-state index in [1.807, 2.05) is 4.90 Å². The van der Waals surface area contributed by atoms with E-state index < -0.39 is 17.5 Å². The molecule has 1 N–H and O–H groups in total. The molecule has 0 unspecified atom stereocenters. The van der Waals surface area contributed by atoms with Crippen molar-refractivity contribution >= 4 is 17.8 Å². The first-order valence-electron chi connectivity index (χ1n) is 11.3. The maximum Gasteiger partial charge on any atom is 0.325 e. The van der Waals surface area contributed by atoms with E-state index in [2.05, 4.69) is 5.32 Å². The zero-order chi connectivity index (χ0) is 21.6. The smallest absolute Gasteiger partial charge is 0.325 e. The summed E-state index contributed by atoms with van der Waals surface area (Å²) in [5.74, 6) is 1.87. The van der Waals surface area contributed by atoms with E-state index in [-0.39, 0.29) is 12.5 Å². The van der Waals surface area contributed by atoms with Gasteiger partial charge in [0, 0.05) is 13.1 Å². The van der Waals surface area contributed by atoms with Gasteiger partial charge in [-0.2, -0.15) is 0 Å². The van der Waals surface area contributed by atoms with Crippen LogP contribution < -0.4 is 14.8 Å². The summed E-state index contributed by atoms with van der Waals surface area (Å²) in [4.78, 5) is 41.8. The number of rotatable bonds is 3. The van der Waals surface area contributed by atoms with Crippen LogP contribution in [0.1, 0.15) is 44.6 Å². The summed E-state index contributed by atoms with van der Waals surface area (Å²) in [6.07, 6.45) is 5.96. The molecule has 5 rings (SSSR count). The highest BCUT2D eigenvalue weighted by molar-refractivity contribution is 6.09. The minimum atomic E-state index is -1.25. The van der Waals surface area contributed by atoms with Gasteiger partial charge in [0.25, 0.3) is 5.91 Å². The zero-order valence-corrected chi connectivity index (χ0v) is 17.9. The van der Waals surface area contributed by atoms with Crippen molar-refractivity contribution in [1.82, 2.24) is 15.1 Å². The van der Waals surface area contributed by atoms with Gasteiger partial charge in [0.05, 0.1) is 0 Å². The van der Waals surface area contributed by atoms with Crippen molar-refractivity contribution in [1.29, 1.82) is 0 Å². The van der Waals surface area contributed by atoms with Crippen molar-refractivity contribution < 1.29 is 23.9 Å². The summed E-state index contributed by atoms with van der Waals surface area (Å²) < 4.78 is 11.2. The number of urea groups is 1. The fraction of sp³-hybridized carbons (Fsp3) is 0.609. The number of amides is 4. The maximum atomic E-state index is 13.3. The second kappa shape index (κ2) is 7.73. The van der Waals surface area contributed by atoms with Crippen LogP contribution in [0.4, 0.5) is 4.79 Å². The van der Waals surface area contributed by atoms with E-state index in [0.29, 0.717) is 48.7 Å². The second-order valence-electron chi connectivity index (χ2n) is 9.24. The monoisotopic (exact) mass is 427 g/mol. The zero-order valence-electron chi connectivity index (χ0n) is 17.9. The molecular formula is C23H29N3O5. The van der Waals surface area contributed by atoms with Gasteiger partial charge in [-0.25, -0.2) is 4.79 Å². The Morgan fingerprint density at radius 2 is 1.84 bits per heavy atom. The Bertz CT molecular complexity index is 918.